The molecule has 0 aliphatic carbocycles. The van der Waals surface area contributed by atoms with Crippen LogP contribution in [-0.4, -0.2) is 25.7 Å². The molecule has 0 fully saturated rings. The summed E-state index contributed by atoms with van der Waals surface area (Å²) in [4.78, 5) is 22.5. The number of phenols is 1. The van der Waals surface area contributed by atoms with E-state index in [0.29, 0.717) is 16.9 Å². The SMILES string of the molecule is Cc1cc(O)c(C(C)C)cc1NC(=O)Cn1nc([N+](=O)[O-])c(Cl)c1C. The van der Waals surface area contributed by atoms with E-state index in [-0.39, 0.29) is 23.2 Å². The van der Waals surface area contributed by atoms with Gasteiger partial charge in [0.1, 0.15) is 12.3 Å². The predicted octanol–water partition coefficient (Wildman–Crippen LogP) is 3.53. The van der Waals surface area contributed by atoms with E-state index in [2.05, 4.69) is 10.4 Å². The molecule has 134 valence electrons. The van der Waals surface area contributed by atoms with E-state index in [1.54, 1.807) is 26.0 Å². The number of hydrogen-bond acceptors (Lipinski definition) is 5. The van der Waals surface area contributed by atoms with Gasteiger partial charge in [-0.1, -0.05) is 25.4 Å². The Bertz CT molecular complexity index is 845. The first-order chi connectivity index (χ1) is 11.6. The minimum absolute atomic E-state index is 0.0827. The first-order valence-electron chi connectivity index (χ1n) is 7.62. The lowest BCUT2D eigenvalue weighted by atomic mass is 9.99. The Morgan fingerprint density at radius 3 is 2.60 bits per heavy atom. The van der Waals surface area contributed by atoms with Crippen molar-refractivity contribution in [1.82, 2.24) is 9.78 Å². The second-order valence-electron chi connectivity index (χ2n) is 6.07. The lowest BCUT2D eigenvalue weighted by molar-refractivity contribution is -0.389. The van der Waals surface area contributed by atoms with E-state index in [9.17, 15) is 20.0 Å². The number of nitro groups is 1. The molecule has 0 radical (unpaired) electrons. The van der Waals surface area contributed by atoms with Crippen LogP contribution in [0.3, 0.4) is 0 Å². The molecule has 25 heavy (non-hydrogen) atoms. The average molecular weight is 367 g/mol. The van der Waals surface area contributed by atoms with Crippen molar-refractivity contribution in [3.63, 3.8) is 0 Å². The van der Waals surface area contributed by atoms with E-state index in [4.69, 9.17) is 11.6 Å². The van der Waals surface area contributed by atoms with Crippen molar-refractivity contribution >= 4 is 29.0 Å². The van der Waals surface area contributed by atoms with Crippen LogP contribution >= 0.6 is 11.6 Å². The van der Waals surface area contributed by atoms with Gasteiger partial charge in [0.15, 0.2) is 5.02 Å². The maximum absolute atomic E-state index is 12.3. The minimum Gasteiger partial charge on any atom is -0.508 e. The Balaban J connectivity index is 2.23. The number of carbonyl (C=O) groups excluding carboxylic acids is 1. The summed E-state index contributed by atoms with van der Waals surface area (Å²) >= 11 is 5.87. The summed E-state index contributed by atoms with van der Waals surface area (Å²) < 4.78 is 1.19. The highest BCUT2D eigenvalue weighted by molar-refractivity contribution is 6.33. The zero-order valence-electron chi connectivity index (χ0n) is 14.3. The van der Waals surface area contributed by atoms with Crippen molar-refractivity contribution < 1.29 is 14.8 Å². The number of carbonyl (C=O) groups is 1. The number of anilines is 1. The van der Waals surface area contributed by atoms with Gasteiger partial charge < -0.3 is 20.5 Å². The van der Waals surface area contributed by atoms with Gasteiger partial charge in [-0.2, -0.15) is 4.68 Å². The van der Waals surface area contributed by atoms with Crippen molar-refractivity contribution in [3.05, 3.63) is 44.1 Å². The monoisotopic (exact) mass is 366 g/mol. The van der Waals surface area contributed by atoms with Crippen molar-refractivity contribution in [2.75, 3.05) is 5.32 Å². The van der Waals surface area contributed by atoms with Gasteiger partial charge in [-0.3, -0.25) is 4.79 Å². The highest BCUT2D eigenvalue weighted by Crippen LogP contribution is 2.31. The normalized spacial score (nSPS) is 11.0. The summed E-state index contributed by atoms with van der Waals surface area (Å²) in [6, 6.07) is 3.31. The number of aryl methyl sites for hydroxylation is 1. The predicted molar refractivity (Wildman–Crippen MR) is 94.2 cm³/mol. The Labute approximate surface area is 149 Å². The maximum Gasteiger partial charge on any atom is 0.408 e. The lowest BCUT2D eigenvalue weighted by Crippen LogP contribution is -2.21. The molecule has 2 rings (SSSR count). The van der Waals surface area contributed by atoms with E-state index in [1.807, 2.05) is 13.8 Å². The van der Waals surface area contributed by atoms with Gasteiger partial charge in [-0.05, 0) is 47.9 Å². The Kier molecular flexibility index (Phi) is 5.32. The summed E-state index contributed by atoms with van der Waals surface area (Å²) in [5, 5.41) is 27.3. The Hall–Kier alpha value is -2.61. The van der Waals surface area contributed by atoms with Gasteiger partial charge in [0.05, 0.1) is 10.8 Å². The smallest absolute Gasteiger partial charge is 0.408 e. The van der Waals surface area contributed by atoms with Crippen LogP contribution in [0.25, 0.3) is 0 Å². The Morgan fingerprint density at radius 1 is 1.44 bits per heavy atom. The average Bonchev–Trinajstić information content (AvgIpc) is 2.78. The number of nitrogens with zero attached hydrogens (tertiary/aromatic N) is 3. The second kappa shape index (κ2) is 7.10. The van der Waals surface area contributed by atoms with E-state index in [0.717, 1.165) is 5.56 Å². The highest BCUT2D eigenvalue weighted by atomic mass is 35.5. The molecular formula is C16H19ClN4O4. The molecule has 8 nitrogen and oxygen atoms in total. The first-order valence-corrected chi connectivity index (χ1v) is 8.00. The number of aromatic hydroxyl groups is 1. The third-order valence-corrected chi connectivity index (χ3v) is 4.30. The van der Waals surface area contributed by atoms with Crippen LogP contribution in [0.15, 0.2) is 12.1 Å². The van der Waals surface area contributed by atoms with Crippen molar-refractivity contribution in [2.45, 2.75) is 40.2 Å². The van der Waals surface area contributed by atoms with Gasteiger partial charge in [0, 0.05) is 5.69 Å². The summed E-state index contributed by atoms with van der Waals surface area (Å²) in [7, 11) is 0. The van der Waals surface area contributed by atoms with E-state index >= 15 is 0 Å². The number of halogens is 1. The van der Waals surface area contributed by atoms with Crippen LogP contribution < -0.4 is 5.32 Å². The first kappa shape index (κ1) is 18.7. The number of amides is 1. The number of benzene rings is 1. The van der Waals surface area contributed by atoms with Crippen LogP contribution in [-0.2, 0) is 11.3 Å². The van der Waals surface area contributed by atoms with Crippen molar-refractivity contribution in [3.8, 4) is 5.75 Å². The van der Waals surface area contributed by atoms with E-state index in [1.165, 1.54) is 4.68 Å². The minimum atomic E-state index is -0.692. The van der Waals surface area contributed by atoms with Gasteiger partial charge in [-0.25, -0.2) is 0 Å². The number of hydrogen-bond donors (Lipinski definition) is 2. The molecule has 1 amide bonds. The van der Waals surface area contributed by atoms with Gasteiger partial charge in [0.25, 0.3) is 0 Å². The van der Waals surface area contributed by atoms with Crippen LogP contribution in [0.4, 0.5) is 11.5 Å². The molecule has 0 unspecified atom stereocenters. The Morgan fingerprint density at radius 2 is 2.08 bits per heavy atom. The summed E-state index contributed by atoms with van der Waals surface area (Å²) in [5.41, 5.74) is 2.33. The standard InChI is InChI=1S/C16H19ClN4O4/c1-8(2)11-6-12(9(3)5-13(11)22)18-14(23)7-20-10(4)15(17)16(19-20)21(24)25/h5-6,8,22H,7H2,1-4H3,(H,18,23). The molecular weight excluding hydrogens is 348 g/mol. The molecule has 0 bridgehead atoms. The zero-order chi connectivity index (χ0) is 18.9. The van der Waals surface area contributed by atoms with Crippen molar-refractivity contribution in [1.29, 1.82) is 0 Å². The second-order valence-corrected chi connectivity index (χ2v) is 6.44. The molecule has 2 aromatic rings. The largest absolute Gasteiger partial charge is 0.508 e. The van der Waals surface area contributed by atoms with Gasteiger partial charge in [-0.15, -0.1) is 0 Å². The van der Waals surface area contributed by atoms with Crippen LogP contribution in [0.1, 0.15) is 36.6 Å². The highest BCUT2D eigenvalue weighted by Gasteiger charge is 2.25. The van der Waals surface area contributed by atoms with Crippen LogP contribution in [0.2, 0.25) is 5.02 Å². The molecule has 0 saturated carbocycles. The summed E-state index contributed by atoms with van der Waals surface area (Å²) in [6.45, 7) is 6.98. The molecule has 9 heteroatoms. The molecule has 1 heterocycles. The number of phenolic OH excluding ortho intramolecular Hbond substituents is 1. The molecule has 0 spiro atoms. The summed E-state index contributed by atoms with van der Waals surface area (Å²) in [6.07, 6.45) is 0. The van der Waals surface area contributed by atoms with Crippen molar-refractivity contribution in [2.24, 2.45) is 0 Å². The van der Waals surface area contributed by atoms with Crippen LogP contribution in [0, 0.1) is 24.0 Å². The fourth-order valence-corrected chi connectivity index (χ4v) is 2.62. The third-order valence-electron chi connectivity index (χ3n) is 3.85. The zero-order valence-corrected chi connectivity index (χ0v) is 15.1. The third kappa shape index (κ3) is 3.90. The molecule has 1 aromatic heterocycles. The fourth-order valence-electron chi connectivity index (χ4n) is 2.41. The molecule has 0 atom stereocenters. The molecule has 1 aromatic carbocycles. The molecule has 0 saturated heterocycles. The number of aromatic nitrogens is 2. The topological polar surface area (TPSA) is 110 Å². The fraction of sp³-hybridized carbons (Fsp3) is 0.375. The number of nitrogens with one attached hydrogen (secondary N) is 1. The summed E-state index contributed by atoms with van der Waals surface area (Å²) in [5.74, 6) is -0.613. The molecule has 0 aliphatic heterocycles. The lowest BCUT2D eigenvalue weighted by Gasteiger charge is -2.14. The van der Waals surface area contributed by atoms with Crippen LogP contribution in [0.5, 0.6) is 5.75 Å². The molecule has 0 aliphatic rings. The quantitative estimate of drug-likeness (QED) is 0.477. The maximum atomic E-state index is 12.3. The van der Waals surface area contributed by atoms with E-state index < -0.39 is 16.6 Å². The number of rotatable bonds is 5. The molecule has 2 N–H and O–H groups in total. The van der Waals surface area contributed by atoms with Gasteiger partial charge in [0.2, 0.25) is 5.91 Å². The van der Waals surface area contributed by atoms with Gasteiger partial charge >= 0.3 is 5.82 Å².